The van der Waals surface area contributed by atoms with Gasteiger partial charge in [0.2, 0.25) is 0 Å². The first kappa shape index (κ1) is 26.0. The molecule has 36 heavy (non-hydrogen) atoms. The minimum absolute atomic E-state index is 0.0253. The van der Waals surface area contributed by atoms with Crippen molar-refractivity contribution in [1.82, 2.24) is 5.32 Å². The molecule has 2 heterocycles. The molecule has 4 N–H and O–H groups in total. The third-order valence-electron chi connectivity index (χ3n) is 5.76. The van der Waals surface area contributed by atoms with Crippen LogP contribution in [0, 0.1) is 0 Å². The minimum Gasteiger partial charge on any atom is -0.479 e. The number of ether oxygens (including phenoxy) is 1. The van der Waals surface area contributed by atoms with Crippen LogP contribution < -0.4 is 15.4 Å². The van der Waals surface area contributed by atoms with E-state index in [1.54, 1.807) is 6.07 Å². The summed E-state index contributed by atoms with van der Waals surface area (Å²) in [5.41, 5.74) is 1.45. The number of anilines is 1. The second-order valence-electron chi connectivity index (χ2n) is 8.40. The zero-order valence-electron chi connectivity index (χ0n) is 19.2. The van der Waals surface area contributed by atoms with Crippen molar-refractivity contribution in [3.05, 3.63) is 56.1 Å². The number of nitrogens with one attached hydrogen (secondary N) is 2. The lowest BCUT2D eigenvalue weighted by atomic mass is 9.95. The van der Waals surface area contributed by atoms with Crippen molar-refractivity contribution in [1.29, 1.82) is 0 Å². The van der Waals surface area contributed by atoms with E-state index >= 15 is 0 Å². The second-order valence-corrected chi connectivity index (χ2v) is 11.0. The number of halogens is 1. The smallest absolute Gasteiger partial charge is 0.349 e. The Labute approximate surface area is 220 Å². The molecule has 4 rings (SSSR count). The molecule has 1 saturated carbocycles. The van der Waals surface area contributed by atoms with Gasteiger partial charge in [-0.25, -0.2) is 9.59 Å². The van der Waals surface area contributed by atoms with Gasteiger partial charge in [-0.2, -0.15) is 0 Å². The predicted molar refractivity (Wildman–Crippen MR) is 141 cm³/mol. The largest absolute Gasteiger partial charge is 0.479 e. The number of hydrogen-bond acceptors (Lipinski definition) is 7. The van der Waals surface area contributed by atoms with Gasteiger partial charge < -0.3 is 25.6 Å². The van der Waals surface area contributed by atoms with E-state index in [0.717, 1.165) is 47.6 Å². The van der Waals surface area contributed by atoms with Crippen molar-refractivity contribution in [3.8, 4) is 16.2 Å². The van der Waals surface area contributed by atoms with E-state index < -0.39 is 18.5 Å². The number of carbonyl (C=O) groups is 3. The van der Waals surface area contributed by atoms with Gasteiger partial charge in [0, 0.05) is 23.2 Å². The van der Waals surface area contributed by atoms with E-state index in [4.69, 9.17) is 21.4 Å². The number of benzene rings is 1. The monoisotopic (exact) mass is 548 g/mol. The fourth-order valence-electron chi connectivity index (χ4n) is 4.04. The lowest BCUT2D eigenvalue weighted by Gasteiger charge is -2.22. The zero-order chi connectivity index (χ0) is 25.7. The number of carboxylic acids is 2. The Balaban J connectivity index is 1.43. The molecule has 11 heteroatoms. The quantitative estimate of drug-likeness (QED) is 0.246. The highest BCUT2D eigenvalue weighted by Gasteiger charge is 2.25. The van der Waals surface area contributed by atoms with Gasteiger partial charge in [-0.3, -0.25) is 4.79 Å². The van der Waals surface area contributed by atoms with Crippen molar-refractivity contribution >= 4 is 57.8 Å². The van der Waals surface area contributed by atoms with Crippen molar-refractivity contribution in [3.63, 3.8) is 0 Å². The van der Waals surface area contributed by atoms with Crippen molar-refractivity contribution in [2.45, 2.75) is 44.7 Å². The molecule has 8 nitrogen and oxygen atoms in total. The second kappa shape index (κ2) is 11.8. The first-order valence-electron chi connectivity index (χ1n) is 11.5. The summed E-state index contributed by atoms with van der Waals surface area (Å²) in [5, 5.41) is 24.9. The van der Waals surface area contributed by atoms with E-state index in [-0.39, 0.29) is 27.6 Å². The van der Waals surface area contributed by atoms with Gasteiger partial charge in [-0.1, -0.05) is 43.0 Å². The van der Waals surface area contributed by atoms with E-state index in [1.165, 1.54) is 17.8 Å². The summed E-state index contributed by atoms with van der Waals surface area (Å²) in [6.45, 7) is -0.185. The van der Waals surface area contributed by atoms with Crippen LogP contribution in [0.15, 0.2) is 36.4 Å². The highest BCUT2D eigenvalue weighted by atomic mass is 35.5. The number of thiophene rings is 2. The Kier molecular flexibility index (Phi) is 8.50. The summed E-state index contributed by atoms with van der Waals surface area (Å²) in [7, 11) is 0. The molecule has 2 aromatic heterocycles. The van der Waals surface area contributed by atoms with E-state index in [2.05, 4.69) is 10.6 Å². The van der Waals surface area contributed by atoms with E-state index in [9.17, 15) is 19.5 Å². The predicted octanol–water partition coefficient (Wildman–Crippen LogP) is 5.97. The SMILES string of the molecule is O=C(O)COc1c(C(=O)O)sc(-c2cccc(NCc3ccc(C(=O)NC4CCCCC4)s3)c2)c1Cl. The molecule has 1 aliphatic carbocycles. The highest BCUT2D eigenvalue weighted by Crippen LogP contribution is 2.45. The number of hydrogen-bond donors (Lipinski definition) is 4. The fourth-order valence-corrected chi connectivity index (χ4v) is 6.30. The maximum absolute atomic E-state index is 12.6. The Bertz CT molecular complexity index is 1270. The summed E-state index contributed by atoms with van der Waals surface area (Å²) in [6.07, 6.45) is 5.64. The Hall–Kier alpha value is -3.08. The molecule has 3 aromatic rings. The summed E-state index contributed by atoms with van der Waals surface area (Å²) < 4.78 is 5.15. The lowest BCUT2D eigenvalue weighted by molar-refractivity contribution is -0.139. The van der Waals surface area contributed by atoms with Crippen LogP contribution in [0.1, 0.15) is 56.3 Å². The molecular weight excluding hydrogens is 524 g/mol. The molecule has 0 aliphatic heterocycles. The minimum atomic E-state index is -1.25. The van der Waals surface area contributed by atoms with Crippen LogP contribution in [0.3, 0.4) is 0 Å². The highest BCUT2D eigenvalue weighted by molar-refractivity contribution is 7.18. The van der Waals surface area contributed by atoms with E-state index in [1.807, 2.05) is 30.3 Å². The third-order valence-corrected chi connectivity index (χ3v) is 8.53. The average molecular weight is 549 g/mol. The van der Waals surface area contributed by atoms with Crippen LogP contribution in [0.2, 0.25) is 5.02 Å². The number of carboxylic acid groups (broad SMARTS) is 2. The van der Waals surface area contributed by atoms with Crippen molar-refractivity contribution < 1.29 is 29.3 Å². The number of aromatic carboxylic acids is 1. The number of rotatable bonds is 10. The van der Waals surface area contributed by atoms with Crippen LogP contribution in [0.25, 0.3) is 10.4 Å². The fraction of sp³-hybridized carbons (Fsp3) is 0.320. The topological polar surface area (TPSA) is 125 Å². The normalized spacial score (nSPS) is 13.8. The molecule has 1 aliphatic rings. The van der Waals surface area contributed by atoms with Crippen molar-refractivity contribution in [2.24, 2.45) is 0 Å². The molecule has 0 saturated heterocycles. The zero-order valence-corrected chi connectivity index (χ0v) is 21.6. The van der Waals surface area contributed by atoms with Gasteiger partial charge in [0.15, 0.2) is 17.2 Å². The van der Waals surface area contributed by atoms with Gasteiger partial charge in [0.05, 0.1) is 9.75 Å². The van der Waals surface area contributed by atoms with Gasteiger partial charge in [-0.05, 0) is 42.7 Å². The molecule has 0 atom stereocenters. The molecule has 0 spiro atoms. The van der Waals surface area contributed by atoms with E-state index in [0.29, 0.717) is 21.9 Å². The summed E-state index contributed by atoms with van der Waals surface area (Å²) in [5.74, 6) is -2.65. The molecule has 1 amide bonds. The van der Waals surface area contributed by atoms with Crippen LogP contribution >= 0.6 is 34.3 Å². The first-order chi connectivity index (χ1) is 17.3. The Morgan fingerprint density at radius 2 is 1.83 bits per heavy atom. The van der Waals surface area contributed by atoms with Gasteiger partial charge in [-0.15, -0.1) is 22.7 Å². The Morgan fingerprint density at radius 1 is 1.06 bits per heavy atom. The molecule has 1 fully saturated rings. The molecule has 0 bridgehead atoms. The van der Waals surface area contributed by atoms with Gasteiger partial charge in [0.1, 0.15) is 5.02 Å². The van der Waals surface area contributed by atoms with Crippen LogP contribution in [0.4, 0.5) is 5.69 Å². The van der Waals surface area contributed by atoms with Crippen molar-refractivity contribution in [2.75, 3.05) is 11.9 Å². The van der Waals surface area contributed by atoms with Crippen LogP contribution in [-0.4, -0.2) is 40.7 Å². The average Bonchev–Trinajstić information content (AvgIpc) is 3.47. The number of carbonyl (C=O) groups excluding carboxylic acids is 1. The molecular formula is C25H25ClN2O6S2. The number of aliphatic carboxylic acids is 1. The maximum atomic E-state index is 12.6. The standard InChI is InChI=1S/C25H25ClN2O6S2/c26-20-21(34-13-19(29)30)23(25(32)33)36-22(20)14-5-4-8-16(11-14)27-12-17-9-10-18(35-17)24(31)28-15-6-2-1-3-7-15/h4-5,8-11,15,27H,1-3,6-7,12-13H2,(H,28,31)(H,29,30)(H,32,33). The number of amides is 1. The molecule has 190 valence electrons. The van der Waals surface area contributed by atoms with Gasteiger partial charge in [0.25, 0.3) is 5.91 Å². The third kappa shape index (κ3) is 6.37. The Morgan fingerprint density at radius 3 is 2.56 bits per heavy atom. The molecule has 1 aromatic carbocycles. The first-order valence-corrected chi connectivity index (χ1v) is 13.5. The summed E-state index contributed by atoms with van der Waals surface area (Å²) in [4.78, 5) is 37.1. The molecule has 0 radical (unpaired) electrons. The van der Waals surface area contributed by atoms with Gasteiger partial charge >= 0.3 is 11.9 Å². The maximum Gasteiger partial charge on any atom is 0.349 e. The summed E-state index contributed by atoms with van der Waals surface area (Å²) in [6, 6.07) is 11.3. The van der Waals surface area contributed by atoms with Crippen LogP contribution in [-0.2, 0) is 11.3 Å². The lowest BCUT2D eigenvalue weighted by Crippen LogP contribution is -2.35. The van der Waals surface area contributed by atoms with Crippen LogP contribution in [0.5, 0.6) is 5.75 Å². The summed E-state index contributed by atoms with van der Waals surface area (Å²) >= 11 is 8.76. The molecule has 0 unspecified atom stereocenters.